The van der Waals surface area contributed by atoms with E-state index >= 15 is 0 Å². The topological polar surface area (TPSA) is 30.7 Å². The maximum atomic E-state index is 4.10. The Morgan fingerprint density at radius 2 is 2.21 bits per heavy atom. The van der Waals surface area contributed by atoms with Crippen molar-refractivity contribution in [2.24, 2.45) is 7.05 Å². The van der Waals surface area contributed by atoms with Crippen molar-refractivity contribution in [1.82, 2.24) is 14.8 Å². The molecular weight excluding hydrogens is 174 g/mol. The lowest BCUT2D eigenvalue weighted by Crippen LogP contribution is -1.84. The summed E-state index contributed by atoms with van der Waals surface area (Å²) >= 11 is 0. The van der Waals surface area contributed by atoms with Gasteiger partial charge in [-0.1, -0.05) is 12.0 Å². The first-order valence-electron chi connectivity index (χ1n) is 4.26. The Balaban J connectivity index is 2.23. The zero-order chi connectivity index (χ0) is 9.80. The summed E-state index contributed by atoms with van der Waals surface area (Å²) in [5, 5.41) is 4.02. The molecule has 0 aromatic carbocycles. The molecule has 0 aliphatic carbocycles. The summed E-state index contributed by atoms with van der Waals surface area (Å²) in [6.45, 7) is 0. The van der Waals surface area contributed by atoms with Gasteiger partial charge >= 0.3 is 0 Å². The van der Waals surface area contributed by atoms with Crippen molar-refractivity contribution in [2.75, 3.05) is 0 Å². The fraction of sp³-hybridized carbons (Fsp3) is 0.0909. The normalized spacial score (nSPS) is 9.21. The Labute approximate surface area is 82.4 Å². The lowest BCUT2D eigenvalue weighted by molar-refractivity contribution is 0.767. The van der Waals surface area contributed by atoms with Gasteiger partial charge in [-0.15, -0.1) is 0 Å². The van der Waals surface area contributed by atoms with Crippen LogP contribution in [-0.2, 0) is 7.05 Å². The summed E-state index contributed by atoms with van der Waals surface area (Å²) in [4.78, 5) is 4.10. The highest BCUT2D eigenvalue weighted by Gasteiger charge is 1.89. The van der Waals surface area contributed by atoms with Crippen molar-refractivity contribution in [2.45, 2.75) is 0 Å². The number of hydrogen-bond donors (Lipinski definition) is 0. The minimum atomic E-state index is 0.774. The number of rotatable bonds is 0. The maximum Gasteiger partial charge on any atom is 0.113 e. The van der Waals surface area contributed by atoms with Crippen LogP contribution in [0.15, 0.2) is 36.8 Å². The van der Waals surface area contributed by atoms with Gasteiger partial charge in [-0.3, -0.25) is 4.68 Å². The van der Waals surface area contributed by atoms with Crippen LogP contribution < -0.4 is 0 Å². The van der Waals surface area contributed by atoms with E-state index in [0.29, 0.717) is 0 Å². The van der Waals surface area contributed by atoms with Crippen LogP contribution >= 0.6 is 0 Å². The predicted octanol–water partition coefficient (Wildman–Crippen LogP) is 1.21. The molecule has 0 saturated heterocycles. The van der Waals surface area contributed by atoms with Crippen LogP contribution in [0, 0.1) is 11.8 Å². The van der Waals surface area contributed by atoms with E-state index in [4.69, 9.17) is 0 Å². The van der Waals surface area contributed by atoms with Crippen LogP contribution in [0.25, 0.3) is 0 Å². The fourth-order valence-electron chi connectivity index (χ4n) is 1.06. The van der Waals surface area contributed by atoms with Gasteiger partial charge in [-0.05, 0) is 18.1 Å². The highest BCUT2D eigenvalue weighted by Crippen LogP contribution is 1.94. The molecule has 2 rings (SSSR count). The first kappa shape index (κ1) is 8.52. The van der Waals surface area contributed by atoms with Crippen LogP contribution in [0.3, 0.4) is 0 Å². The minimum absolute atomic E-state index is 0.774. The smallest absolute Gasteiger partial charge is 0.113 e. The van der Waals surface area contributed by atoms with Crippen LogP contribution in [0.5, 0.6) is 0 Å². The van der Waals surface area contributed by atoms with Crippen molar-refractivity contribution in [3.05, 3.63) is 48.0 Å². The second-order valence-corrected chi connectivity index (χ2v) is 2.87. The summed E-state index contributed by atoms with van der Waals surface area (Å²) in [6, 6.07) is 5.67. The first-order chi connectivity index (χ1) is 6.84. The molecule has 0 radical (unpaired) electrons. The average molecular weight is 183 g/mol. The van der Waals surface area contributed by atoms with Crippen molar-refractivity contribution in [1.29, 1.82) is 0 Å². The summed E-state index contributed by atoms with van der Waals surface area (Å²) in [5.41, 5.74) is 1.68. The molecule has 0 atom stereocenters. The van der Waals surface area contributed by atoms with E-state index in [2.05, 4.69) is 21.9 Å². The highest BCUT2D eigenvalue weighted by molar-refractivity contribution is 5.37. The molecule has 14 heavy (non-hydrogen) atoms. The predicted molar refractivity (Wildman–Crippen MR) is 53.4 cm³/mol. The van der Waals surface area contributed by atoms with Gasteiger partial charge in [-0.2, -0.15) is 5.10 Å². The molecule has 0 fully saturated rings. The molecule has 0 saturated carbocycles. The SMILES string of the molecule is Cn1cc(C#Cc2ccccn2)cn1. The summed E-state index contributed by atoms with van der Waals surface area (Å²) in [7, 11) is 1.87. The van der Waals surface area contributed by atoms with Crippen molar-refractivity contribution in [3.8, 4) is 11.8 Å². The third-order valence-electron chi connectivity index (χ3n) is 1.70. The van der Waals surface area contributed by atoms with Gasteiger partial charge in [0.1, 0.15) is 5.69 Å². The Hall–Kier alpha value is -2.08. The molecule has 0 aliphatic heterocycles. The first-order valence-corrected chi connectivity index (χ1v) is 4.26. The van der Waals surface area contributed by atoms with Gasteiger partial charge in [0.05, 0.1) is 11.8 Å². The molecule has 68 valence electrons. The van der Waals surface area contributed by atoms with Gasteiger partial charge in [-0.25, -0.2) is 4.98 Å². The zero-order valence-corrected chi connectivity index (χ0v) is 7.81. The number of nitrogens with zero attached hydrogens (tertiary/aromatic N) is 3. The van der Waals surface area contributed by atoms with Crippen LogP contribution in [0.4, 0.5) is 0 Å². The third kappa shape index (κ3) is 1.99. The molecular formula is C11H9N3. The minimum Gasteiger partial charge on any atom is -0.275 e. The van der Waals surface area contributed by atoms with Crippen molar-refractivity contribution in [3.63, 3.8) is 0 Å². The molecule has 3 nitrogen and oxygen atoms in total. The lowest BCUT2D eigenvalue weighted by atomic mass is 10.3. The molecule has 3 heteroatoms. The monoisotopic (exact) mass is 183 g/mol. The van der Waals surface area contributed by atoms with Gasteiger partial charge in [0.2, 0.25) is 0 Å². The second kappa shape index (κ2) is 3.75. The molecule has 0 spiro atoms. The quantitative estimate of drug-likeness (QED) is 0.575. The van der Waals surface area contributed by atoms with E-state index in [-0.39, 0.29) is 0 Å². The van der Waals surface area contributed by atoms with E-state index in [1.54, 1.807) is 17.1 Å². The molecule has 0 N–H and O–H groups in total. The third-order valence-corrected chi connectivity index (χ3v) is 1.70. The highest BCUT2D eigenvalue weighted by atomic mass is 15.2. The molecule has 2 aromatic rings. The largest absolute Gasteiger partial charge is 0.275 e. The van der Waals surface area contributed by atoms with E-state index < -0.39 is 0 Å². The van der Waals surface area contributed by atoms with Gasteiger partial charge in [0, 0.05) is 19.4 Å². The van der Waals surface area contributed by atoms with E-state index in [9.17, 15) is 0 Å². The van der Waals surface area contributed by atoms with Crippen molar-refractivity contribution < 1.29 is 0 Å². The number of hydrogen-bond acceptors (Lipinski definition) is 2. The summed E-state index contributed by atoms with van der Waals surface area (Å²) in [6.07, 6.45) is 5.33. The second-order valence-electron chi connectivity index (χ2n) is 2.87. The van der Waals surface area contributed by atoms with Crippen LogP contribution in [0.2, 0.25) is 0 Å². The Bertz CT molecular complexity index is 474. The van der Waals surface area contributed by atoms with Gasteiger partial charge < -0.3 is 0 Å². The number of pyridine rings is 1. The van der Waals surface area contributed by atoms with Gasteiger partial charge in [0.15, 0.2) is 0 Å². The molecule has 2 aromatic heterocycles. The van der Waals surface area contributed by atoms with Crippen LogP contribution in [0.1, 0.15) is 11.3 Å². The standard InChI is InChI=1S/C11H9N3/c1-14-9-10(8-13-14)5-6-11-4-2-3-7-12-11/h2-4,7-9H,1H3. The summed E-state index contributed by atoms with van der Waals surface area (Å²) < 4.78 is 1.72. The van der Waals surface area contributed by atoms with Crippen LogP contribution in [-0.4, -0.2) is 14.8 Å². The Morgan fingerprint density at radius 3 is 2.86 bits per heavy atom. The summed E-state index contributed by atoms with van der Waals surface area (Å²) in [5.74, 6) is 5.95. The van der Waals surface area contributed by atoms with E-state index in [1.165, 1.54) is 0 Å². The van der Waals surface area contributed by atoms with Crippen molar-refractivity contribution >= 4 is 0 Å². The zero-order valence-electron chi connectivity index (χ0n) is 7.81. The fourth-order valence-corrected chi connectivity index (χ4v) is 1.06. The molecule has 2 heterocycles. The molecule has 0 bridgehead atoms. The maximum absolute atomic E-state index is 4.10. The van der Waals surface area contributed by atoms with E-state index in [1.807, 2.05) is 31.4 Å². The molecule has 0 unspecified atom stereocenters. The van der Waals surface area contributed by atoms with E-state index in [0.717, 1.165) is 11.3 Å². The van der Waals surface area contributed by atoms with Gasteiger partial charge in [0.25, 0.3) is 0 Å². The molecule has 0 aliphatic rings. The number of aryl methyl sites for hydroxylation is 1. The Morgan fingerprint density at radius 1 is 1.29 bits per heavy atom. The average Bonchev–Trinajstić information content (AvgIpc) is 2.63. The molecule has 0 amide bonds. The lowest BCUT2D eigenvalue weighted by Gasteiger charge is -1.84. The number of aromatic nitrogens is 3. The Kier molecular flexibility index (Phi) is 2.28.